The van der Waals surface area contributed by atoms with Gasteiger partial charge in [0, 0.05) is 0 Å². The first-order valence-corrected chi connectivity index (χ1v) is 14.4. The van der Waals surface area contributed by atoms with Crippen LogP contribution in [0.1, 0.15) is 11.1 Å². The number of imide groups is 1. The number of rotatable bonds is 4. The van der Waals surface area contributed by atoms with E-state index in [1.165, 1.54) is 43.2 Å². The van der Waals surface area contributed by atoms with E-state index in [2.05, 4.69) is 0 Å². The first-order valence-electron chi connectivity index (χ1n) is 6.64. The summed E-state index contributed by atoms with van der Waals surface area (Å²) in [5, 5.41) is 0. The number of piperazine rings is 1. The standard InChI is InChI=1S/C14H15FN2O3S2.Tl/c1-8-6-9(4-5-10(8)15)7-14(22-21)13(20)16(2)11(18)12(19)17(14)3;/h4-6,21H,7H2,1-3H3;/q;+1/p-1. The Balaban J connectivity index is 2.48. The Morgan fingerprint density at radius 3 is 2.43 bits per heavy atom. The molecule has 1 unspecified atom stereocenters. The molecule has 0 spiro atoms. The van der Waals surface area contributed by atoms with E-state index in [9.17, 15) is 18.8 Å². The van der Waals surface area contributed by atoms with Crippen LogP contribution in [0.4, 0.5) is 4.39 Å². The number of amides is 3. The maximum absolute atomic E-state index is 13.5. The molecule has 1 aliphatic rings. The van der Waals surface area contributed by atoms with E-state index >= 15 is 0 Å². The average Bonchev–Trinajstić information content (AvgIpc) is 2.53. The number of aryl methyl sites for hydroxylation is 1. The summed E-state index contributed by atoms with van der Waals surface area (Å²) in [7, 11) is 5.58. The van der Waals surface area contributed by atoms with Crippen LogP contribution in [0.3, 0.4) is 0 Å². The first-order chi connectivity index (χ1) is 10.7. The predicted molar refractivity (Wildman–Crippen MR) is 89.1 cm³/mol. The zero-order chi connectivity index (χ0) is 17.4. The first kappa shape index (κ1) is 18.7. The summed E-state index contributed by atoms with van der Waals surface area (Å²) in [6.45, 7) is 1.65. The van der Waals surface area contributed by atoms with E-state index < -0.39 is 22.6 Å². The molecule has 0 N–H and O–H groups in total. The number of halogens is 1. The Kier molecular flexibility index (Phi) is 5.77. The number of carbonyl (C=O) groups excluding carboxylic acids is 3. The van der Waals surface area contributed by atoms with Crippen molar-refractivity contribution >= 4 is 60.1 Å². The number of nitrogens with zero attached hydrogens (tertiary/aromatic N) is 2. The van der Waals surface area contributed by atoms with Gasteiger partial charge in [0.15, 0.2) is 0 Å². The van der Waals surface area contributed by atoms with Gasteiger partial charge in [0.25, 0.3) is 0 Å². The van der Waals surface area contributed by atoms with Gasteiger partial charge in [-0.25, -0.2) is 0 Å². The Bertz CT molecular complexity index is 688. The third-order valence-corrected chi connectivity index (χ3v) is 9.27. The van der Waals surface area contributed by atoms with Crippen molar-refractivity contribution < 1.29 is 18.8 Å². The molecule has 1 atom stereocenters. The quantitative estimate of drug-likeness (QED) is 0.247. The fraction of sp³-hybridized carbons (Fsp3) is 0.357. The number of benzene rings is 1. The average molecular weight is 546 g/mol. The summed E-state index contributed by atoms with van der Waals surface area (Å²) < 4.78 is 13.5. The summed E-state index contributed by atoms with van der Waals surface area (Å²) in [6.07, 6.45) is 0.219. The van der Waals surface area contributed by atoms with Gasteiger partial charge < -0.3 is 0 Å². The zero-order valence-electron chi connectivity index (χ0n) is 12.8. The van der Waals surface area contributed by atoms with Crippen LogP contribution in [-0.2, 0) is 20.8 Å². The molecule has 23 heavy (non-hydrogen) atoms. The van der Waals surface area contributed by atoms with Gasteiger partial charge in [-0.15, -0.1) is 0 Å². The summed E-state index contributed by atoms with van der Waals surface area (Å²) in [5.41, 5.74) is 1.22. The van der Waals surface area contributed by atoms with E-state index in [0.717, 1.165) is 10.5 Å². The molecule has 1 aromatic rings. The number of hydrogen-bond donors (Lipinski definition) is 0. The minimum absolute atomic E-state index is 0.219. The van der Waals surface area contributed by atoms with Crippen molar-refractivity contribution in [2.24, 2.45) is 0 Å². The fourth-order valence-electron chi connectivity index (χ4n) is 2.44. The summed E-state index contributed by atoms with van der Waals surface area (Å²) >= 11 is 0.552. The third kappa shape index (κ3) is 3.29. The van der Waals surface area contributed by atoms with Gasteiger partial charge in [-0.3, -0.25) is 0 Å². The zero-order valence-corrected chi connectivity index (χ0v) is 19.0. The molecule has 0 aliphatic carbocycles. The molecule has 0 bridgehead atoms. The van der Waals surface area contributed by atoms with Gasteiger partial charge in [0.1, 0.15) is 0 Å². The monoisotopic (exact) mass is 546 g/mol. The van der Waals surface area contributed by atoms with E-state index in [-0.39, 0.29) is 12.2 Å². The Morgan fingerprint density at radius 2 is 1.87 bits per heavy atom. The maximum atomic E-state index is 13.5. The van der Waals surface area contributed by atoms with Crippen LogP contribution in [0.5, 0.6) is 0 Å². The predicted octanol–water partition coefficient (Wildman–Crippen LogP) is 1.29. The fourth-order valence-corrected chi connectivity index (χ4v) is 10.00. The van der Waals surface area contributed by atoms with Crippen molar-refractivity contribution in [1.29, 1.82) is 0 Å². The van der Waals surface area contributed by atoms with Crippen LogP contribution in [0.2, 0.25) is 0 Å². The Labute approximate surface area is 155 Å². The van der Waals surface area contributed by atoms with Crippen LogP contribution < -0.4 is 0 Å². The van der Waals surface area contributed by atoms with Crippen LogP contribution >= 0.6 is 18.1 Å². The molecule has 0 aromatic heterocycles. The second-order valence-electron chi connectivity index (χ2n) is 5.26. The third-order valence-electron chi connectivity index (χ3n) is 3.82. The molecule has 1 aromatic carbocycles. The molecule has 1 heterocycles. The Morgan fingerprint density at radius 1 is 1.22 bits per heavy atom. The molecule has 2 rings (SSSR count). The number of hydrogen-bond acceptors (Lipinski definition) is 5. The van der Waals surface area contributed by atoms with E-state index in [1.54, 1.807) is 19.1 Å². The normalized spacial score (nSPS) is 22.0. The Hall–Kier alpha value is -0.618. The molecule has 1 saturated heterocycles. The second-order valence-corrected chi connectivity index (χ2v) is 14.1. The minimum atomic E-state index is -1.19. The van der Waals surface area contributed by atoms with Gasteiger partial charge in [0.2, 0.25) is 0 Å². The van der Waals surface area contributed by atoms with Crippen LogP contribution in [0, 0.1) is 12.7 Å². The van der Waals surface area contributed by atoms with E-state index in [0.29, 0.717) is 29.8 Å². The number of likely N-dealkylation sites (N-methyl/N-ethyl adjacent to an activating group) is 2. The summed E-state index contributed by atoms with van der Waals surface area (Å²) in [5.74, 6) is -2.28. The molecule has 1 fully saturated rings. The van der Waals surface area contributed by atoms with Crippen molar-refractivity contribution in [2.45, 2.75) is 18.2 Å². The molecule has 1 aliphatic heterocycles. The number of carbonyl (C=O) groups is 3. The molecule has 120 valence electrons. The van der Waals surface area contributed by atoms with Crippen molar-refractivity contribution in [3.63, 3.8) is 0 Å². The van der Waals surface area contributed by atoms with Crippen LogP contribution in [0.25, 0.3) is 0 Å². The molecule has 5 nitrogen and oxygen atoms in total. The van der Waals surface area contributed by atoms with Crippen molar-refractivity contribution in [2.75, 3.05) is 14.1 Å². The summed E-state index contributed by atoms with van der Waals surface area (Å²) in [4.78, 5) is 37.7. The molecule has 0 saturated carbocycles. The van der Waals surface area contributed by atoms with Gasteiger partial charge in [-0.1, -0.05) is 0 Å². The topological polar surface area (TPSA) is 57.7 Å². The van der Waals surface area contributed by atoms with E-state index in [4.69, 9.17) is 0 Å². The van der Waals surface area contributed by atoms with Gasteiger partial charge in [0.05, 0.1) is 0 Å². The molecule has 0 radical (unpaired) electrons. The van der Waals surface area contributed by atoms with Gasteiger partial charge in [-0.05, 0) is 0 Å². The van der Waals surface area contributed by atoms with Crippen LogP contribution in [0.15, 0.2) is 18.2 Å². The van der Waals surface area contributed by atoms with Crippen molar-refractivity contribution in [1.82, 2.24) is 9.80 Å². The van der Waals surface area contributed by atoms with Crippen molar-refractivity contribution in [3.8, 4) is 0 Å². The molecular formula is C14H14FN2O3S2Tl. The van der Waals surface area contributed by atoms with Crippen molar-refractivity contribution in [3.05, 3.63) is 35.1 Å². The molecular weight excluding hydrogens is 532 g/mol. The molecule has 3 amide bonds. The summed E-state index contributed by atoms with van der Waals surface area (Å²) in [6, 6.07) is 4.62. The second kappa shape index (κ2) is 7.10. The van der Waals surface area contributed by atoms with E-state index in [1.807, 2.05) is 0 Å². The SMILES string of the molecule is Cc1cc(CC2(S[S][Tl])C(=O)N(C)C(=O)C(=O)N2C)ccc1F. The van der Waals surface area contributed by atoms with Crippen LogP contribution in [-0.4, -0.2) is 70.8 Å². The molecule has 9 heteroatoms. The van der Waals surface area contributed by atoms with Gasteiger partial charge in [-0.2, -0.15) is 0 Å². The van der Waals surface area contributed by atoms with Gasteiger partial charge >= 0.3 is 156 Å².